The summed E-state index contributed by atoms with van der Waals surface area (Å²) in [5.41, 5.74) is 1.53. The lowest BCUT2D eigenvalue weighted by Crippen LogP contribution is -2.23. The molecular formula is C22H19NO4. The van der Waals surface area contributed by atoms with Gasteiger partial charge >= 0.3 is 6.09 Å². The summed E-state index contributed by atoms with van der Waals surface area (Å²) < 4.78 is 10.7. The molecule has 0 aliphatic heterocycles. The number of ether oxygens (including phenoxy) is 2. The van der Waals surface area contributed by atoms with E-state index in [1.165, 1.54) is 7.11 Å². The summed E-state index contributed by atoms with van der Waals surface area (Å²) in [7, 11) is 1.51. The van der Waals surface area contributed by atoms with Crippen molar-refractivity contribution in [1.82, 2.24) is 0 Å². The smallest absolute Gasteiger partial charge is 0.412 e. The summed E-state index contributed by atoms with van der Waals surface area (Å²) in [6.45, 7) is 0. The number of para-hydroxylation sites is 2. The molecule has 0 bridgehead atoms. The van der Waals surface area contributed by atoms with E-state index in [4.69, 9.17) is 9.47 Å². The second-order valence-electron chi connectivity index (χ2n) is 5.75. The monoisotopic (exact) mass is 361 g/mol. The molecule has 3 rings (SSSR count). The largest absolute Gasteiger partial charge is 0.495 e. The fraction of sp³-hybridized carbons (Fsp3) is 0.0909. The van der Waals surface area contributed by atoms with Crippen LogP contribution < -0.4 is 10.1 Å². The van der Waals surface area contributed by atoms with E-state index in [-0.39, 0.29) is 5.78 Å². The Bertz CT molecular complexity index is 910. The Morgan fingerprint density at radius 2 is 1.41 bits per heavy atom. The van der Waals surface area contributed by atoms with E-state index in [9.17, 15) is 9.59 Å². The van der Waals surface area contributed by atoms with Gasteiger partial charge in [0.25, 0.3) is 0 Å². The van der Waals surface area contributed by atoms with Crippen molar-refractivity contribution in [2.45, 2.75) is 6.10 Å². The average Bonchev–Trinajstić information content (AvgIpc) is 2.73. The van der Waals surface area contributed by atoms with Crippen molar-refractivity contribution < 1.29 is 19.1 Å². The Kier molecular flexibility index (Phi) is 5.84. The highest BCUT2D eigenvalue weighted by Gasteiger charge is 2.26. The quantitative estimate of drug-likeness (QED) is 0.636. The first-order valence-electron chi connectivity index (χ1n) is 8.44. The average molecular weight is 361 g/mol. The molecular weight excluding hydrogens is 342 g/mol. The Morgan fingerprint density at radius 3 is 2.07 bits per heavy atom. The summed E-state index contributed by atoms with van der Waals surface area (Å²) in [5, 5.41) is 2.63. The lowest BCUT2D eigenvalue weighted by molar-refractivity contribution is 0.0666. The molecule has 136 valence electrons. The zero-order chi connectivity index (χ0) is 19.1. The van der Waals surface area contributed by atoms with E-state index in [0.717, 1.165) is 0 Å². The second kappa shape index (κ2) is 8.67. The predicted octanol–water partition coefficient (Wildman–Crippen LogP) is 4.87. The summed E-state index contributed by atoms with van der Waals surface area (Å²) in [6, 6.07) is 24.6. The van der Waals surface area contributed by atoms with Crippen LogP contribution in [0.1, 0.15) is 22.0 Å². The minimum absolute atomic E-state index is 0.294. The number of Topliss-reactive ketones (excluding diaryl/α,β-unsaturated/α-hetero) is 1. The molecule has 1 N–H and O–H groups in total. The van der Waals surface area contributed by atoms with Gasteiger partial charge < -0.3 is 9.47 Å². The Hall–Kier alpha value is -3.60. The molecule has 0 heterocycles. The summed E-state index contributed by atoms with van der Waals surface area (Å²) in [6.07, 6.45) is -1.79. The molecule has 1 amide bonds. The molecule has 5 heteroatoms. The van der Waals surface area contributed by atoms with E-state index in [1.807, 2.05) is 12.1 Å². The number of anilines is 1. The van der Waals surface area contributed by atoms with Crippen molar-refractivity contribution in [2.75, 3.05) is 12.4 Å². The molecule has 0 saturated carbocycles. The van der Waals surface area contributed by atoms with Crippen molar-refractivity contribution >= 4 is 17.6 Å². The van der Waals surface area contributed by atoms with Crippen LogP contribution in [0.2, 0.25) is 0 Å². The zero-order valence-corrected chi connectivity index (χ0v) is 14.8. The fourth-order valence-electron chi connectivity index (χ4n) is 2.65. The number of carbonyl (C=O) groups excluding carboxylic acids is 2. The number of carbonyl (C=O) groups is 2. The van der Waals surface area contributed by atoms with Gasteiger partial charge in [0.1, 0.15) is 5.75 Å². The molecule has 0 aliphatic rings. The van der Waals surface area contributed by atoms with Gasteiger partial charge in [-0.05, 0) is 12.1 Å². The van der Waals surface area contributed by atoms with Crippen molar-refractivity contribution in [1.29, 1.82) is 0 Å². The second-order valence-corrected chi connectivity index (χ2v) is 5.75. The fourth-order valence-corrected chi connectivity index (χ4v) is 2.65. The minimum atomic E-state index is -1.05. The van der Waals surface area contributed by atoms with E-state index in [1.54, 1.807) is 72.8 Å². The molecule has 3 aromatic carbocycles. The van der Waals surface area contributed by atoms with Gasteiger partial charge in [0.15, 0.2) is 6.10 Å². The maximum atomic E-state index is 12.9. The maximum absolute atomic E-state index is 12.9. The molecule has 0 saturated heterocycles. The summed E-state index contributed by atoms with van der Waals surface area (Å²) >= 11 is 0. The first-order valence-corrected chi connectivity index (χ1v) is 8.44. The predicted molar refractivity (Wildman–Crippen MR) is 103 cm³/mol. The molecule has 0 spiro atoms. The molecule has 0 radical (unpaired) electrons. The van der Waals surface area contributed by atoms with Gasteiger partial charge in [-0.25, -0.2) is 4.79 Å². The highest BCUT2D eigenvalue weighted by Crippen LogP contribution is 2.26. The highest BCUT2D eigenvalue weighted by molar-refractivity contribution is 6.01. The number of rotatable bonds is 6. The zero-order valence-electron chi connectivity index (χ0n) is 14.8. The lowest BCUT2D eigenvalue weighted by atomic mass is 10.00. The van der Waals surface area contributed by atoms with Gasteiger partial charge in [0.05, 0.1) is 12.8 Å². The van der Waals surface area contributed by atoms with Crippen molar-refractivity contribution in [2.24, 2.45) is 0 Å². The molecule has 5 nitrogen and oxygen atoms in total. The van der Waals surface area contributed by atoms with Crippen LogP contribution in [0, 0.1) is 0 Å². The van der Waals surface area contributed by atoms with Crippen molar-refractivity contribution in [3.05, 3.63) is 96.1 Å². The van der Waals surface area contributed by atoms with Crippen LogP contribution in [0.15, 0.2) is 84.9 Å². The van der Waals surface area contributed by atoms with E-state index < -0.39 is 12.2 Å². The molecule has 1 atom stereocenters. The van der Waals surface area contributed by atoms with E-state index >= 15 is 0 Å². The van der Waals surface area contributed by atoms with Crippen LogP contribution in [0.3, 0.4) is 0 Å². The van der Waals surface area contributed by atoms with Crippen LogP contribution in [0.4, 0.5) is 10.5 Å². The van der Waals surface area contributed by atoms with Crippen LogP contribution in [0.5, 0.6) is 5.75 Å². The molecule has 0 fully saturated rings. The Balaban J connectivity index is 1.83. The topological polar surface area (TPSA) is 64.6 Å². The van der Waals surface area contributed by atoms with Gasteiger partial charge in [-0.1, -0.05) is 72.8 Å². The Morgan fingerprint density at radius 1 is 0.815 bits per heavy atom. The molecule has 3 aromatic rings. The third-order valence-electron chi connectivity index (χ3n) is 3.97. The highest BCUT2D eigenvalue weighted by atomic mass is 16.6. The van der Waals surface area contributed by atoms with Gasteiger partial charge in [-0.3, -0.25) is 10.1 Å². The number of amides is 1. The molecule has 0 aromatic heterocycles. The first kappa shape index (κ1) is 18.2. The molecule has 1 unspecified atom stereocenters. The first-order chi connectivity index (χ1) is 13.2. The van der Waals surface area contributed by atoms with Crippen LogP contribution in [-0.2, 0) is 4.74 Å². The van der Waals surface area contributed by atoms with Crippen LogP contribution in [-0.4, -0.2) is 19.0 Å². The van der Waals surface area contributed by atoms with Gasteiger partial charge in [0, 0.05) is 11.1 Å². The van der Waals surface area contributed by atoms with E-state index in [2.05, 4.69) is 5.32 Å². The van der Waals surface area contributed by atoms with Crippen molar-refractivity contribution in [3.63, 3.8) is 0 Å². The third kappa shape index (κ3) is 4.52. The maximum Gasteiger partial charge on any atom is 0.412 e. The molecule has 27 heavy (non-hydrogen) atoms. The summed E-state index contributed by atoms with van der Waals surface area (Å²) in [4.78, 5) is 25.4. The van der Waals surface area contributed by atoms with Crippen LogP contribution in [0.25, 0.3) is 0 Å². The van der Waals surface area contributed by atoms with E-state index in [0.29, 0.717) is 22.6 Å². The number of nitrogens with one attached hydrogen (secondary N) is 1. The summed E-state index contributed by atoms with van der Waals surface area (Å²) in [5.74, 6) is 0.206. The van der Waals surface area contributed by atoms with Gasteiger partial charge in [0.2, 0.25) is 5.78 Å². The third-order valence-corrected chi connectivity index (χ3v) is 3.97. The standard InChI is InChI=1S/C22H19NO4/c1-26-19-15-9-8-14-18(19)23-22(25)27-21(17-12-6-3-7-13-17)20(24)16-10-4-2-5-11-16/h2-15,21H,1H3,(H,23,25). The molecule has 0 aliphatic carbocycles. The SMILES string of the molecule is COc1ccccc1NC(=O)OC(C(=O)c1ccccc1)c1ccccc1. The Labute approximate surface area is 157 Å². The van der Waals surface area contributed by atoms with Gasteiger partial charge in [-0.15, -0.1) is 0 Å². The number of ketones is 1. The number of hydrogen-bond acceptors (Lipinski definition) is 4. The van der Waals surface area contributed by atoms with Gasteiger partial charge in [-0.2, -0.15) is 0 Å². The number of hydrogen-bond donors (Lipinski definition) is 1. The number of benzene rings is 3. The lowest BCUT2D eigenvalue weighted by Gasteiger charge is -2.18. The number of methoxy groups -OCH3 is 1. The van der Waals surface area contributed by atoms with Crippen LogP contribution >= 0.6 is 0 Å². The normalized spacial score (nSPS) is 11.3. The minimum Gasteiger partial charge on any atom is -0.495 e. The van der Waals surface area contributed by atoms with Crippen molar-refractivity contribution in [3.8, 4) is 5.75 Å².